The van der Waals surface area contributed by atoms with Crippen molar-refractivity contribution in [3.63, 3.8) is 0 Å². The van der Waals surface area contributed by atoms with Crippen molar-refractivity contribution < 1.29 is 23.4 Å². The number of rotatable bonds is 4. The van der Waals surface area contributed by atoms with E-state index in [1.165, 1.54) is 0 Å². The monoisotopic (exact) mass is 350 g/mol. The topological polar surface area (TPSA) is 54.0 Å². The normalized spacial score (nSPS) is 19.8. The zero-order valence-corrected chi connectivity index (χ0v) is 13.5. The lowest BCUT2D eigenvalue weighted by Crippen LogP contribution is -2.51. The highest BCUT2D eigenvalue weighted by molar-refractivity contribution is 5.85. The van der Waals surface area contributed by atoms with E-state index >= 15 is 0 Å². The summed E-state index contributed by atoms with van der Waals surface area (Å²) in [4.78, 5) is 1.71. The molecule has 1 saturated heterocycles. The largest absolute Gasteiger partial charge is 0.486 e. The van der Waals surface area contributed by atoms with Gasteiger partial charge in [0, 0.05) is 26.2 Å². The number of fused-ring (bicyclic) bond motifs is 1. The maximum absolute atomic E-state index is 14.3. The lowest BCUT2D eigenvalue weighted by atomic mass is 9.97. The number of halogens is 3. The van der Waals surface area contributed by atoms with Crippen molar-refractivity contribution in [2.45, 2.75) is 12.0 Å². The quantitative estimate of drug-likeness (QED) is 0.861. The van der Waals surface area contributed by atoms with Gasteiger partial charge in [-0.2, -0.15) is 0 Å². The highest BCUT2D eigenvalue weighted by atomic mass is 35.5. The molecular formula is C15H21ClF2N2O3. The molecule has 1 aromatic rings. The fraction of sp³-hybridized carbons (Fsp3) is 0.600. The first-order chi connectivity index (χ1) is 10.6. The first-order valence-corrected chi connectivity index (χ1v) is 7.45. The fourth-order valence-corrected chi connectivity index (χ4v) is 2.98. The van der Waals surface area contributed by atoms with E-state index in [0.717, 1.165) is 0 Å². The molecule has 0 radical (unpaired) electrons. The number of nitrogens with one attached hydrogen (secondary N) is 1. The molecule has 2 aliphatic rings. The van der Waals surface area contributed by atoms with Crippen molar-refractivity contribution in [1.29, 1.82) is 0 Å². The zero-order chi connectivity index (χ0) is 15.6. The molecule has 0 amide bonds. The number of aliphatic hydroxyl groups excluding tert-OH is 1. The minimum Gasteiger partial charge on any atom is -0.486 e. The van der Waals surface area contributed by atoms with Crippen LogP contribution in [0.4, 0.5) is 8.78 Å². The summed E-state index contributed by atoms with van der Waals surface area (Å²) < 4.78 is 39.6. The highest BCUT2D eigenvalue weighted by Crippen LogP contribution is 2.40. The Morgan fingerprint density at radius 2 is 1.83 bits per heavy atom. The molecule has 0 bridgehead atoms. The van der Waals surface area contributed by atoms with Gasteiger partial charge < -0.3 is 19.9 Å². The van der Waals surface area contributed by atoms with Crippen LogP contribution in [-0.4, -0.2) is 61.9 Å². The third-order valence-corrected chi connectivity index (χ3v) is 4.01. The van der Waals surface area contributed by atoms with Crippen LogP contribution < -0.4 is 14.8 Å². The van der Waals surface area contributed by atoms with Gasteiger partial charge in [-0.15, -0.1) is 12.4 Å². The minimum absolute atomic E-state index is 0. The number of benzene rings is 1. The number of hydrogen-bond acceptors (Lipinski definition) is 5. The van der Waals surface area contributed by atoms with Gasteiger partial charge in [0.2, 0.25) is 0 Å². The Kier molecular flexibility index (Phi) is 6.02. The molecule has 0 spiro atoms. The molecule has 0 saturated carbocycles. The van der Waals surface area contributed by atoms with Gasteiger partial charge in [-0.25, -0.2) is 8.78 Å². The van der Waals surface area contributed by atoms with Crippen molar-refractivity contribution in [2.24, 2.45) is 0 Å². The summed E-state index contributed by atoms with van der Waals surface area (Å²) in [5, 5.41) is 12.3. The van der Waals surface area contributed by atoms with Gasteiger partial charge in [-0.3, -0.25) is 4.90 Å². The lowest BCUT2D eigenvalue weighted by Gasteiger charge is -2.39. The average molecular weight is 351 g/mol. The first kappa shape index (κ1) is 18.2. The van der Waals surface area contributed by atoms with Crippen LogP contribution in [-0.2, 0) is 0 Å². The third-order valence-electron chi connectivity index (χ3n) is 4.01. The Morgan fingerprint density at radius 1 is 1.17 bits per heavy atom. The number of ether oxygens (including phenoxy) is 2. The lowest BCUT2D eigenvalue weighted by molar-refractivity contribution is -0.118. The van der Waals surface area contributed by atoms with Crippen molar-refractivity contribution in [1.82, 2.24) is 10.2 Å². The number of nitrogens with zero attached hydrogens (tertiary/aromatic N) is 1. The predicted molar refractivity (Wildman–Crippen MR) is 83.9 cm³/mol. The van der Waals surface area contributed by atoms with Crippen LogP contribution in [0.3, 0.4) is 0 Å². The number of piperazine rings is 1. The SMILES string of the molecule is Cl.OCC(F)(F)[C@@H](c1ccc2c(c1)OCCO2)N1CCNCC1. The Bertz CT molecular complexity index is 527. The Hall–Kier alpha value is -1.15. The van der Waals surface area contributed by atoms with Crippen LogP contribution >= 0.6 is 12.4 Å². The Labute approximate surface area is 140 Å². The molecule has 23 heavy (non-hydrogen) atoms. The van der Waals surface area contributed by atoms with E-state index in [-0.39, 0.29) is 12.4 Å². The molecule has 2 N–H and O–H groups in total. The average Bonchev–Trinajstić information content (AvgIpc) is 2.56. The van der Waals surface area contributed by atoms with Gasteiger partial charge in [-0.1, -0.05) is 6.07 Å². The molecule has 2 heterocycles. The molecule has 0 aromatic heterocycles. The van der Waals surface area contributed by atoms with Crippen LogP contribution in [0.15, 0.2) is 18.2 Å². The van der Waals surface area contributed by atoms with Gasteiger partial charge in [0.25, 0.3) is 5.92 Å². The maximum atomic E-state index is 14.3. The van der Waals surface area contributed by atoms with Gasteiger partial charge in [-0.05, 0) is 17.7 Å². The van der Waals surface area contributed by atoms with E-state index in [1.54, 1.807) is 23.1 Å². The van der Waals surface area contributed by atoms with Crippen LogP contribution in [0.2, 0.25) is 0 Å². The maximum Gasteiger partial charge on any atom is 0.289 e. The summed E-state index contributed by atoms with van der Waals surface area (Å²) in [5.74, 6) is -2.17. The standard InChI is InChI=1S/C15H20F2N2O3.ClH/c16-15(17,10-20)14(19-5-3-18-4-6-19)11-1-2-12-13(9-11)22-8-7-21-12;/h1-2,9,14,18,20H,3-8,10H2;1H/t14-;/m1./s1. The van der Waals surface area contributed by atoms with E-state index in [9.17, 15) is 8.78 Å². The van der Waals surface area contributed by atoms with E-state index in [0.29, 0.717) is 56.5 Å². The number of aliphatic hydroxyl groups is 1. The van der Waals surface area contributed by atoms with E-state index in [2.05, 4.69) is 5.32 Å². The van der Waals surface area contributed by atoms with Crippen molar-refractivity contribution in [3.05, 3.63) is 23.8 Å². The van der Waals surface area contributed by atoms with Crippen molar-refractivity contribution in [3.8, 4) is 11.5 Å². The zero-order valence-electron chi connectivity index (χ0n) is 12.6. The molecule has 8 heteroatoms. The molecule has 1 fully saturated rings. The number of hydrogen-bond donors (Lipinski definition) is 2. The van der Waals surface area contributed by atoms with E-state index < -0.39 is 18.6 Å². The molecule has 1 atom stereocenters. The molecule has 130 valence electrons. The number of alkyl halides is 2. The van der Waals surface area contributed by atoms with Crippen LogP contribution in [0.5, 0.6) is 11.5 Å². The van der Waals surface area contributed by atoms with Crippen molar-refractivity contribution >= 4 is 12.4 Å². The second kappa shape index (κ2) is 7.61. The highest BCUT2D eigenvalue weighted by Gasteiger charge is 2.44. The second-order valence-corrected chi connectivity index (χ2v) is 5.51. The summed E-state index contributed by atoms with van der Waals surface area (Å²) >= 11 is 0. The summed E-state index contributed by atoms with van der Waals surface area (Å²) in [5.41, 5.74) is 0.435. The van der Waals surface area contributed by atoms with Gasteiger partial charge in [0.05, 0.1) is 0 Å². The molecule has 0 unspecified atom stereocenters. The van der Waals surface area contributed by atoms with Gasteiger partial charge in [0.1, 0.15) is 25.9 Å². The van der Waals surface area contributed by atoms with E-state index in [1.807, 2.05) is 0 Å². The smallest absolute Gasteiger partial charge is 0.289 e. The third kappa shape index (κ3) is 3.85. The molecule has 2 aliphatic heterocycles. The van der Waals surface area contributed by atoms with Gasteiger partial charge in [0.15, 0.2) is 11.5 Å². The molecule has 3 rings (SSSR count). The summed E-state index contributed by atoms with van der Waals surface area (Å²) in [7, 11) is 0. The Morgan fingerprint density at radius 3 is 2.48 bits per heavy atom. The summed E-state index contributed by atoms with van der Waals surface area (Å²) in [6, 6.07) is 3.72. The fourth-order valence-electron chi connectivity index (χ4n) is 2.98. The molecule has 0 aliphatic carbocycles. The van der Waals surface area contributed by atoms with Crippen LogP contribution in [0.25, 0.3) is 0 Å². The van der Waals surface area contributed by atoms with Crippen LogP contribution in [0.1, 0.15) is 11.6 Å². The molecular weight excluding hydrogens is 330 g/mol. The predicted octanol–water partition coefficient (Wildman–Crippen LogP) is 1.45. The summed E-state index contributed by atoms with van der Waals surface area (Å²) in [6.07, 6.45) is 0. The van der Waals surface area contributed by atoms with Crippen molar-refractivity contribution in [2.75, 3.05) is 46.0 Å². The summed E-state index contributed by atoms with van der Waals surface area (Å²) in [6.45, 7) is 2.01. The second-order valence-electron chi connectivity index (χ2n) is 5.51. The van der Waals surface area contributed by atoms with Crippen LogP contribution in [0, 0.1) is 0 Å². The molecule has 1 aromatic carbocycles. The van der Waals surface area contributed by atoms with Gasteiger partial charge >= 0.3 is 0 Å². The Balaban J connectivity index is 0.00000192. The molecule has 5 nitrogen and oxygen atoms in total. The van der Waals surface area contributed by atoms with E-state index in [4.69, 9.17) is 14.6 Å². The first-order valence-electron chi connectivity index (χ1n) is 7.45. The minimum atomic E-state index is -3.22.